The van der Waals surface area contributed by atoms with Crippen LogP contribution in [-0.4, -0.2) is 90.2 Å². The fourth-order valence-corrected chi connectivity index (χ4v) is 5.00. The second kappa shape index (κ2) is 12.1. The summed E-state index contributed by atoms with van der Waals surface area (Å²) in [6.45, 7) is 4.98. The highest BCUT2D eigenvalue weighted by Gasteiger charge is 2.53. The zero-order valence-corrected chi connectivity index (χ0v) is 20.6. The van der Waals surface area contributed by atoms with Crippen LogP contribution in [0.1, 0.15) is 19.5 Å². The molecule has 3 N–H and O–H groups in total. The molecule has 0 bridgehead atoms. The molecule has 2 atom stereocenters. The van der Waals surface area contributed by atoms with Crippen LogP contribution >= 0.6 is 23.1 Å². The molecule has 1 fully saturated rings. The number of nitrogens with two attached hydrogens (primary N) is 1. The average Bonchev–Trinajstić information content (AvgIpc) is 3.27. The van der Waals surface area contributed by atoms with E-state index in [9.17, 15) is 14.4 Å². The summed E-state index contributed by atoms with van der Waals surface area (Å²) in [5.74, 6) is -1.26. The Morgan fingerprint density at radius 1 is 1.32 bits per heavy atom. The van der Waals surface area contributed by atoms with Gasteiger partial charge in [0.15, 0.2) is 10.8 Å². The smallest absolute Gasteiger partial charge is 0.355 e. The van der Waals surface area contributed by atoms with Gasteiger partial charge in [0.1, 0.15) is 36.0 Å². The van der Waals surface area contributed by atoms with Gasteiger partial charge in [0, 0.05) is 24.3 Å². The summed E-state index contributed by atoms with van der Waals surface area (Å²) in [6.07, 6.45) is 1.03. The second-order valence-corrected chi connectivity index (χ2v) is 9.05. The van der Waals surface area contributed by atoms with Crippen LogP contribution < -0.4 is 11.1 Å². The van der Waals surface area contributed by atoms with Crippen LogP contribution in [0.15, 0.2) is 22.3 Å². The fourth-order valence-electron chi connectivity index (χ4n) is 3.26. The Kier molecular flexibility index (Phi) is 9.27. The summed E-state index contributed by atoms with van der Waals surface area (Å²) in [7, 11) is 1.29. The van der Waals surface area contributed by atoms with Crippen molar-refractivity contribution in [3.63, 3.8) is 0 Å². The van der Waals surface area contributed by atoms with Crippen LogP contribution in [0, 0.1) is 0 Å². The summed E-state index contributed by atoms with van der Waals surface area (Å²) >= 11 is 2.56. The Balaban J connectivity index is 1.65. The Hall–Kier alpha value is -2.68. The van der Waals surface area contributed by atoms with E-state index >= 15 is 0 Å². The van der Waals surface area contributed by atoms with E-state index in [1.54, 1.807) is 11.5 Å². The van der Waals surface area contributed by atoms with E-state index in [1.165, 1.54) is 23.8 Å². The first-order valence-corrected chi connectivity index (χ1v) is 12.5. The number of thiazole rings is 1. The molecule has 1 aromatic heterocycles. The molecule has 186 valence electrons. The van der Waals surface area contributed by atoms with Gasteiger partial charge in [0.25, 0.3) is 11.8 Å². The van der Waals surface area contributed by atoms with E-state index in [0.29, 0.717) is 19.0 Å². The lowest BCUT2D eigenvalue weighted by atomic mass is 10.0. The first kappa shape index (κ1) is 25.9. The number of hydrogen-bond acceptors (Lipinski definition) is 12. The average molecular weight is 514 g/mol. The van der Waals surface area contributed by atoms with E-state index in [1.807, 2.05) is 13.8 Å². The lowest BCUT2D eigenvalue weighted by Crippen LogP contribution is -2.70. The minimum absolute atomic E-state index is 0.104. The molecule has 0 radical (unpaired) electrons. The molecule has 2 amide bonds. The Morgan fingerprint density at radius 3 is 2.62 bits per heavy atom. The number of hydrogen-bond donors (Lipinski definition) is 2. The summed E-state index contributed by atoms with van der Waals surface area (Å²) in [6, 6.07) is -0.852. The largest absolute Gasteiger partial charge is 0.453 e. The quantitative estimate of drug-likeness (QED) is 0.173. The molecular weight excluding hydrogens is 486 g/mol. The molecule has 0 spiro atoms. The SMILES string of the molecule is CCOCC(COCC)OC(=O)C1=CCS[C@@H]2C(NC(=O)/C(=N\OC)c3csc(N)n3)C(=O)N12. The van der Waals surface area contributed by atoms with Crippen molar-refractivity contribution in [3.05, 3.63) is 22.8 Å². The topological polar surface area (TPSA) is 155 Å². The molecule has 1 aromatic rings. The lowest BCUT2D eigenvalue weighted by molar-refractivity contribution is -0.159. The third kappa shape index (κ3) is 5.87. The Bertz CT molecular complexity index is 959. The molecule has 1 unspecified atom stereocenters. The van der Waals surface area contributed by atoms with Crippen LogP contribution in [0.2, 0.25) is 0 Å². The fraction of sp³-hybridized carbons (Fsp3) is 0.550. The second-order valence-electron chi connectivity index (χ2n) is 7.01. The van der Waals surface area contributed by atoms with E-state index in [-0.39, 0.29) is 35.4 Å². The Morgan fingerprint density at radius 2 is 2.03 bits per heavy atom. The number of rotatable bonds is 12. The van der Waals surface area contributed by atoms with Crippen molar-refractivity contribution in [1.82, 2.24) is 15.2 Å². The number of nitrogens with zero attached hydrogens (tertiary/aromatic N) is 3. The number of nitrogen functional groups attached to an aromatic ring is 1. The van der Waals surface area contributed by atoms with Gasteiger partial charge in [-0.3, -0.25) is 14.5 Å². The van der Waals surface area contributed by atoms with Gasteiger partial charge in [0.05, 0.1) is 13.2 Å². The molecular formula is C20H27N5O7S2. The first-order chi connectivity index (χ1) is 16.4. The predicted molar refractivity (Wildman–Crippen MR) is 126 cm³/mol. The highest BCUT2D eigenvalue weighted by atomic mass is 32.2. The molecule has 14 heteroatoms. The van der Waals surface area contributed by atoms with Gasteiger partial charge < -0.3 is 30.1 Å². The summed E-state index contributed by atoms with van der Waals surface area (Å²) in [4.78, 5) is 48.7. The zero-order valence-electron chi connectivity index (χ0n) is 19.0. The maximum atomic E-state index is 12.9. The number of β-lactam (4-membered cyclic amide) rings is 1. The molecule has 2 aliphatic heterocycles. The molecule has 3 heterocycles. The van der Waals surface area contributed by atoms with Gasteiger partial charge >= 0.3 is 5.97 Å². The minimum atomic E-state index is -0.852. The minimum Gasteiger partial charge on any atom is -0.453 e. The summed E-state index contributed by atoms with van der Waals surface area (Å²) < 4.78 is 16.3. The van der Waals surface area contributed by atoms with Crippen molar-refractivity contribution >= 4 is 51.7 Å². The van der Waals surface area contributed by atoms with Crippen LogP contribution in [0.5, 0.6) is 0 Å². The molecule has 0 saturated carbocycles. The number of esters is 1. The van der Waals surface area contributed by atoms with Crippen LogP contribution in [0.25, 0.3) is 0 Å². The molecule has 3 rings (SSSR count). The molecule has 1 saturated heterocycles. The van der Waals surface area contributed by atoms with Crippen molar-refractivity contribution in [1.29, 1.82) is 0 Å². The number of carbonyl (C=O) groups excluding carboxylic acids is 3. The number of nitrogens with one attached hydrogen (secondary N) is 1. The lowest BCUT2D eigenvalue weighted by Gasteiger charge is -2.48. The summed E-state index contributed by atoms with van der Waals surface area (Å²) in [5, 5.41) is 7.74. The van der Waals surface area contributed by atoms with Gasteiger partial charge in [-0.15, -0.1) is 23.1 Å². The van der Waals surface area contributed by atoms with Crippen LogP contribution in [0.3, 0.4) is 0 Å². The highest BCUT2D eigenvalue weighted by Crippen LogP contribution is 2.38. The van der Waals surface area contributed by atoms with Gasteiger partial charge in [-0.1, -0.05) is 5.16 Å². The maximum absolute atomic E-state index is 12.9. The van der Waals surface area contributed by atoms with Gasteiger partial charge in [0.2, 0.25) is 0 Å². The number of amides is 2. The van der Waals surface area contributed by atoms with Crippen molar-refractivity contribution in [2.75, 3.05) is 45.0 Å². The number of fused-ring (bicyclic) bond motifs is 1. The number of oxime groups is 1. The van der Waals surface area contributed by atoms with E-state index in [0.717, 1.165) is 11.3 Å². The standard InChI is InChI=1S/C20H27N5O7S2/c1-4-30-8-11(9-31-5-2)32-19(28)13-6-7-33-18-15(17(27)25(13)18)23-16(26)14(24-29-3)12-10-34-20(21)22-12/h6,10-11,15,18H,4-5,7-9H2,1-3H3,(H2,21,22)(H,23,26)/b24-14-/t15?,18-/m1/s1. The predicted octanol–water partition coefficient (Wildman–Crippen LogP) is 0.344. The molecule has 2 aliphatic rings. The third-order valence-corrected chi connectivity index (χ3v) is 6.65. The third-order valence-electron chi connectivity index (χ3n) is 4.79. The van der Waals surface area contributed by atoms with Gasteiger partial charge in [-0.25, -0.2) is 9.78 Å². The number of carbonyl (C=O) groups is 3. The first-order valence-electron chi connectivity index (χ1n) is 10.6. The molecule has 12 nitrogen and oxygen atoms in total. The van der Waals surface area contributed by atoms with E-state index in [4.69, 9.17) is 24.8 Å². The normalized spacial score (nSPS) is 19.9. The van der Waals surface area contributed by atoms with Gasteiger partial charge in [-0.2, -0.15) is 0 Å². The van der Waals surface area contributed by atoms with Crippen molar-refractivity contribution in [3.8, 4) is 0 Å². The number of thioether (sulfide) groups is 1. The van der Waals surface area contributed by atoms with Crippen LogP contribution in [0.4, 0.5) is 5.13 Å². The maximum Gasteiger partial charge on any atom is 0.355 e. The highest BCUT2D eigenvalue weighted by molar-refractivity contribution is 8.00. The number of anilines is 1. The molecule has 0 aromatic carbocycles. The number of ether oxygens (including phenoxy) is 3. The van der Waals surface area contributed by atoms with Gasteiger partial charge in [-0.05, 0) is 19.9 Å². The summed E-state index contributed by atoms with van der Waals surface area (Å²) in [5.41, 5.74) is 5.91. The molecule has 34 heavy (non-hydrogen) atoms. The Labute approximate surface area is 204 Å². The monoisotopic (exact) mass is 513 g/mol. The zero-order chi connectivity index (χ0) is 24.7. The van der Waals surface area contributed by atoms with Crippen molar-refractivity contribution < 1.29 is 33.4 Å². The van der Waals surface area contributed by atoms with Crippen molar-refractivity contribution in [2.45, 2.75) is 31.4 Å². The van der Waals surface area contributed by atoms with E-state index < -0.39 is 35.3 Å². The van der Waals surface area contributed by atoms with Crippen LogP contribution in [-0.2, 0) is 33.4 Å². The molecule has 0 aliphatic carbocycles. The van der Waals surface area contributed by atoms with Crippen molar-refractivity contribution in [2.24, 2.45) is 5.16 Å². The van der Waals surface area contributed by atoms with E-state index in [2.05, 4.69) is 15.5 Å². The number of aromatic nitrogens is 1.